The number of piperazine rings is 1. The standard InChI is InChI=1S/C31H40FN7O2/c1-6-29(40)39-13-12-38(17-25(39)15-33-4)30-27-18-37(16-22-9-10-23(32)14-26(22)21(2)3)19-28(27)34-31(35-30)41-20-24-8-7-11-36(24)5/h6,9-10,14,21,24-25H,1,7-8,11-13,15-20H2,2-3,5H3/t24-,25-/m0/s1. The van der Waals surface area contributed by atoms with Crippen LogP contribution in [0.15, 0.2) is 30.9 Å². The molecule has 2 aromatic rings. The van der Waals surface area contributed by atoms with Gasteiger partial charge >= 0.3 is 6.01 Å². The largest absolute Gasteiger partial charge is 0.462 e. The number of aromatic nitrogens is 2. The summed E-state index contributed by atoms with van der Waals surface area (Å²) in [7, 11) is 2.12. The van der Waals surface area contributed by atoms with E-state index in [1.807, 2.05) is 6.07 Å². The number of likely N-dealkylation sites (N-methyl/N-ethyl adjacent to an activating group) is 1. The molecule has 0 bridgehead atoms. The number of carbonyl (C=O) groups is 1. The number of benzene rings is 1. The number of hydrogen-bond acceptors (Lipinski definition) is 7. The molecule has 0 N–H and O–H groups in total. The molecule has 4 heterocycles. The zero-order valence-electron chi connectivity index (χ0n) is 24.4. The molecule has 3 aliphatic heterocycles. The highest BCUT2D eigenvalue weighted by Gasteiger charge is 2.36. The van der Waals surface area contributed by atoms with Crippen molar-refractivity contribution in [3.8, 4) is 6.01 Å². The lowest BCUT2D eigenvalue weighted by atomic mass is 9.97. The average Bonchev–Trinajstić information content (AvgIpc) is 3.56. The van der Waals surface area contributed by atoms with E-state index in [0.717, 1.165) is 47.6 Å². The maximum Gasteiger partial charge on any atom is 0.318 e. The van der Waals surface area contributed by atoms with Gasteiger partial charge in [0.25, 0.3) is 0 Å². The highest BCUT2D eigenvalue weighted by molar-refractivity contribution is 5.87. The molecule has 1 aromatic heterocycles. The Bertz CT molecular complexity index is 1330. The third-order valence-corrected chi connectivity index (χ3v) is 8.55. The van der Waals surface area contributed by atoms with Gasteiger partial charge in [0.2, 0.25) is 12.5 Å². The van der Waals surface area contributed by atoms with Crippen LogP contribution in [-0.2, 0) is 24.4 Å². The fourth-order valence-corrected chi connectivity index (χ4v) is 6.28. The molecule has 2 fully saturated rings. The summed E-state index contributed by atoms with van der Waals surface area (Å²) in [6.07, 6.45) is 3.57. The van der Waals surface area contributed by atoms with Gasteiger partial charge in [0.1, 0.15) is 24.3 Å². The minimum atomic E-state index is -0.251. The minimum absolute atomic E-state index is 0.151. The Balaban J connectivity index is 1.42. The first-order chi connectivity index (χ1) is 19.8. The van der Waals surface area contributed by atoms with E-state index in [4.69, 9.17) is 21.3 Å². The van der Waals surface area contributed by atoms with Crippen molar-refractivity contribution < 1.29 is 13.9 Å². The number of carbonyl (C=O) groups excluding carboxylic acids is 1. The summed E-state index contributed by atoms with van der Waals surface area (Å²) in [6.45, 7) is 20.7. The van der Waals surface area contributed by atoms with Gasteiger partial charge in [0, 0.05) is 50.9 Å². The molecule has 3 aliphatic rings. The predicted octanol–water partition coefficient (Wildman–Crippen LogP) is 3.85. The SMILES string of the molecule is [C-]#[N+]C[C@H]1CN(c2nc(OC[C@@H]3CCCN3C)nc3c2CN(Cc2ccc(F)cc2C(C)C)C3)CCN1C(=O)C=C. The van der Waals surface area contributed by atoms with Crippen LogP contribution in [0.2, 0.25) is 0 Å². The van der Waals surface area contributed by atoms with Gasteiger partial charge in [-0.15, -0.1) is 0 Å². The van der Waals surface area contributed by atoms with E-state index < -0.39 is 0 Å². The van der Waals surface area contributed by atoms with Gasteiger partial charge in [-0.2, -0.15) is 9.97 Å². The maximum atomic E-state index is 14.0. The Morgan fingerprint density at radius 1 is 1.24 bits per heavy atom. The van der Waals surface area contributed by atoms with Crippen molar-refractivity contribution in [3.05, 3.63) is 70.5 Å². The molecule has 0 aliphatic carbocycles. The highest BCUT2D eigenvalue weighted by Crippen LogP contribution is 2.34. The van der Waals surface area contributed by atoms with Gasteiger partial charge in [0.05, 0.1) is 5.69 Å². The molecule has 10 heteroatoms. The molecular weight excluding hydrogens is 521 g/mol. The molecule has 0 radical (unpaired) electrons. The molecule has 2 atom stereocenters. The summed E-state index contributed by atoms with van der Waals surface area (Å²) in [4.78, 5) is 34.4. The van der Waals surface area contributed by atoms with Crippen LogP contribution in [-0.4, -0.2) is 89.0 Å². The van der Waals surface area contributed by atoms with Crippen molar-refractivity contribution in [1.82, 2.24) is 24.7 Å². The van der Waals surface area contributed by atoms with E-state index in [2.05, 4.69) is 47.0 Å². The number of hydrogen-bond donors (Lipinski definition) is 0. The van der Waals surface area contributed by atoms with Crippen LogP contribution in [0.3, 0.4) is 0 Å². The van der Waals surface area contributed by atoms with Gasteiger partial charge in [-0.05, 0) is 61.7 Å². The number of likely N-dealkylation sites (tertiary alicyclic amines) is 1. The monoisotopic (exact) mass is 561 g/mol. The fourth-order valence-electron chi connectivity index (χ4n) is 6.28. The van der Waals surface area contributed by atoms with Crippen molar-refractivity contribution in [2.24, 2.45) is 0 Å². The van der Waals surface area contributed by atoms with E-state index in [0.29, 0.717) is 57.9 Å². The third-order valence-electron chi connectivity index (χ3n) is 8.55. The lowest BCUT2D eigenvalue weighted by molar-refractivity contribution is -0.128. The molecular formula is C31H40FN7O2. The van der Waals surface area contributed by atoms with Gasteiger partial charge in [0.15, 0.2) is 0 Å². The first-order valence-electron chi connectivity index (χ1n) is 14.5. The first-order valence-corrected chi connectivity index (χ1v) is 14.5. The second kappa shape index (κ2) is 12.5. The van der Waals surface area contributed by atoms with Crippen LogP contribution in [0.1, 0.15) is 55.0 Å². The Hall–Kier alpha value is -3.55. The number of halogens is 1. The van der Waals surface area contributed by atoms with E-state index in [9.17, 15) is 9.18 Å². The smallest absolute Gasteiger partial charge is 0.318 e. The molecule has 41 heavy (non-hydrogen) atoms. The van der Waals surface area contributed by atoms with Crippen molar-refractivity contribution >= 4 is 11.7 Å². The molecule has 0 saturated carbocycles. The number of nitrogens with zero attached hydrogens (tertiary/aromatic N) is 7. The second-order valence-electron chi connectivity index (χ2n) is 11.7. The molecule has 5 rings (SSSR count). The molecule has 1 aromatic carbocycles. The van der Waals surface area contributed by atoms with Crippen LogP contribution in [0.4, 0.5) is 10.2 Å². The maximum absolute atomic E-state index is 14.0. The van der Waals surface area contributed by atoms with E-state index in [1.54, 1.807) is 11.0 Å². The van der Waals surface area contributed by atoms with Crippen molar-refractivity contribution in [2.75, 3.05) is 51.3 Å². The van der Waals surface area contributed by atoms with Gasteiger partial charge in [-0.3, -0.25) is 9.69 Å². The fraction of sp³-hybridized carbons (Fsp3) is 0.548. The van der Waals surface area contributed by atoms with Crippen LogP contribution in [0.25, 0.3) is 4.85 Å². The summed E-state index contributed by atoms with van der Waals surface area (Å²) in [6, 6.07) is 5.52. The van der Waals surface area contributed by atoms with Crippen molar-refractivity contribution in [1.29, 1.82) is 0 Å². The Labute approximate surface area is 242 Å². The number of ether oxygens (including phenoxy) is 1. The third kappa shape index (κ3) is 6.36. The summed E-state index contributed by atoms with van der Waals surface area (Å²) >= 11 is 0. The van der Waals surface area contributed by atoms with E-state index in [1.165, 1.54) is 12.1 Å². The number of fused-ring (bicyclic) bond motifs is 1. The van der Waals surface area contributed by atoms with E-state index >= 15 is 0 Å². The normalized spacial score (nSPS) is 21.3. The Morgan fingerprint density at radius 3 is 2.78 bits per heavy atom. The zero-order chi connectivity index (χ0) is 29.1. The quantitative estimate of drug-likeness (QED) is 0.340. The Kier molecular flexibility index (Phi) is 8.85. The predicted molar refractivity (Wildman–Crippen MR) is 156 cm³/mol. The van der Waals surface area contributed by atoms with E-state index in [-0.39, 0.29) is 30.2 Å². The molecule has 0 unspecified atom stereocenters. The lowest BCUT2D eigenvalue weighted by Crippen LogP contribution is -2.56. The molecule has 0 spiro atoms. The van der Waals surface area contributed by atoms with Gasteiger partial charge in [-0.25, -0.2) is 11.0 Å². The molecule has 9 nitrogen and oxygen atoms in total. The van der Waals surface area contributed by atoms with Gasteiger partial charge < -0.3 is 24.3 Å². The topological polar surface area (TPSA) is 69.4 Å². The summed E-state index contributed by atoms with van der Waals surface area (Å²) in [5.41, 5.74) is 4.11. The summed E-state index contributed by atoms with van der Waals surface area (Å²) < 4.78 is 20.2. The highest BCUT2D eigenvalue weighted by atomic mass is 19.1. The number of anilines is 1. The lowest BCUT2D eigenvalue weighted by Gasteiger charge is -2.40. The van der Waals surface area contributed by atoms with Crippen LogP contribution < -0.4 is 9.64 Å². The number of amides is 1. The Morgan fingerprint density at radius 2 is 2.07 bits per heavy atom. The second-order valence-corrected chi connectivity index (χ2v) is 11.7. The average molecular weight is 562 g/mol. The van der Waals surface area contributed by atoms with Crippen LogP contribution >= 0.6 is 0 Å². The first kappa shape index (κ1) is 29.0. The summed E-state index contributed by atoms with van der Waals surface area (Å²) in [5.74, 6) is 0.662. The zero-order valence-corrected chi connectivity index (χ0v) is 24.4. The van der Waals surface area contributed by atoms with Crippen LogP contribution in [0, 0.1) is 12.4 Å². The molecule has 218 valence electrons. The van der Waals surface area contributed by atoms with Gasteiger partial charge in [-0.1, -0.05) is 26.5 Å². The minimum Gasteiger partial charge on any atom is -0.462 e. The van der Waals surface area contributed by atoms with Crippen molar-refractivity contribution in [3.63, 3.8) is 0 Å². The molecule has 2 saturated heterocycles. The number of rotatable bonds is 9. The summed E-state index contributed by atoms with van der Waals surface area (Å²) in [5, 5.41) is 0. The van der Waals surface area contributed by atoms with Crippen molar-refractivity contribution in [2.45, 2.75) is 64.3 Å². The molecule has 1 amide bonds. The van der Waals surface area contributed by atoms with Crippen LogP contribution in [0.5, 0.6) is 6.01 Å².